The fourth-order valence-electron chi connectivity index (χ4n) is 2.30. The van der Waals surface area contributed by atoms with E-state index in [9.17, 15) is 0 Å². The van der Waals surface area contributed by atoms with Crippen molar-refractivity contribution in [1.82, 2.24) is 14.8 Å². The molecule has 0 radical (unpaired) electrons. The number of hydrogen-bond acceptors (Lipinski definition) is 3. The van der Waals surface area contributed by atoms with Crippen LogP contribution in [0.3, 0.4) is 0 Å². The molecule has 13 heavy (non-hydrogen) atoms. The molecule has 2 unspecified atom stereocenters. The van der Waals surface area contributed by atoms with Crippen LogP contribution in [0.1, 0.15) is 31.7 Å². The van der Waals surface area contributed by atoms with E-state index in [2.05, 4.69) is 10.1 Å². The Hall–Kier alpha value is -0.900. The number of aromatic nitrogens is 3. The first kappa shape index (κ1) is 8.69. The number of rotatable bonds is 3. The van der Waals surface area contributed by atoms with Crippen LogP contribution in [0.25, 0.3) is 0 Å². The van der Waals surface area contributed by atoms with E-state index in [-0.39, 0.29) is 0 Å². The monoisotopic (exact) mass is 180 g/mol. The van der Waals surface area contributed by atoms with Crippen LogP contribution in [0.5, 0.6) is 0 Å². The average Bonchev–Trinajstić information content (AvgIpc) is 2.71. The minimum atomic E-state index is 0.547. The van der Waals surface area contributed by atoms with Crippen molar-refractivity contribution >= 4 is 0 Å². The lowest BCUT2D eigenvalue weighted by molar-refractivity contribution is 0.336. The van der Waals surface area contributed by atoms with Gasteiger partial charge in [0, 0.05) is 0 Å². The van der Waals surface area contributed by atoms with Gasteiger partial charge in [0.05, 0.1) is 6.04 Å². The molecule has 1 saturated carbocycles. The smallest absolute Gasteiger partial charge is 0.137 e. The molecule has 2 N–H and O–H groups in total. The van der Waals surface area contributed by atoms with Gasteiger partial charge in [0.1, 0.15) is 12.7 Å². The van der Waals surface area contributed by atoms with Gasteiger partial charge < -0.3 is 5.73 Å². The van der Waals surface area contributed by atoms with Crippen molar-refractivity contribution in [2.75, 3.05) is 6.54 Å². The molecule has 2 rings (SSSR count). The predicted octanol–water partition coefficient (Wildman–Crippen LogP) is 0.968. The Morgan fingerprint density at radius 1 is 1.46 bits per heavy atom. The van der Waals surface area contributed by atoms with E-state index >= 15 is 0 Å². The molecule has 0 aliphatic heterocycles. The van der Waals surface area contributed by atoms with Crippen LogP contribution in [0.4, 0.5) is 0 Å². The van der Waals surface area contributed by atoms with E-state index in [0.717, 1.165) is 13.0 Å². The lowest BCUT2D eigenvalue weighted by Gasteiger charge is -2.18. The molecule has 1 aromatic heterocycles. The standard InChI is InChI=1S/C9H16N4/c10-5-4-8-2-1-3-9(8)13-7-11-6-12-13/h6-9H,1-5,10H2. The summed E-state index contributed by atoms with van der Waals surface area (Å²) < 4.78 is 1.99. The van der Waals surface area contributed by atoms with Crippen molar-refractivity contribution in [3.63, 3.8) is 0 Å². The molecule has 1 aliphatic carbocycles. The van der Waals surface area contributed by atoms with Crippen molar-refractivity contribution in [2.24, 2.45) is 11.7 Å². The van der Waals surface area contributed by atoms with Gasteiger partial charge in [-0.3, -0.25) is 0 Å². The Morgan fingerprint density at radius 2 is 2.38 bits per heavy atom. The van der Waals surface area contributed by atoms with Crippen LogP contribution >= 0.6 is 0 Å². The highest BCUT2D eigenvalue weighted by Crippen LogP contribution is 2.36. The van der Waals surface area contributed by atoms with Gasteiger partial charge >= 0.3 is 0 Å². The SMILES string of the molecule is NCCC1CCCC1n1cncn1. The third kappa shape index (κ3) is 1.72. The zero-order valence-electron chi connectivity index (χ0n) is 7.76. The van der Waals surface area contributed by atoms with E-state index < -0.39 is 0 Å². The summed E-state index contributed by atoms with van der Waals surface area (Å²) in [5.74, 6) is 0.715. The van der Waals surface area contributed by atoms with Crippen LogP contribution in [-0.2, 0) is 0 Å². The zero-order chi connectivity index (χ0) is 9.10. The summed E-state index contributed by atoms with van der Waals surface area (Å²) in [5, 5.41) is 4.20. The second kappa shape index (κ2) is 3.87. The van der Waals surface area contributed by atoms with Crippen LogP contribution in [0.15, 0.2) is 12.7 Å². The minimum Gasteiger partial charge on any atom is -0.330 e. The summed E-state index contributed by atoms with van der Waals surface area (Å²) in [7, 11) is 0. The highest BCUT2D eigenvalue weighted by molar-refractivity contribution is 4.82. The quantitative estimate of drug-likeness (QED) is 0.754. The number of hydrogen-bond donors (Lipinski definition) is 1. The van der Waals surface area contributed by atoms with Gasteiger partial charge in [0.15, 0.2) is 0 Å². The van der Waals surface area contributed by atoms with Gasteiger partial charge in [-0.25, -0.2) is 9.67 Å². The first-order valence-electron chi connectivity index (χ1n) is 4.96. The van der Waals surface area contributed by atoms with Crippen molar-refractivity contribution in [2.45, 2.75) is 31.7 Å². The Bertz CT molecular complexity index is 244. The van der Waals surface area contributed by atoms with E-state index in [0.29, 0.717) is 12.0 Å². The van der Waals surface area contributed by atoms with E-state index in [1.165, 1.54) is 19.3 Å². The molecular formula is C9H16N4. The molecule has 0 spiro atoms. The normalized spacial score (nSPS) is 28.1. The van der Waals surface area contributed by atoms with Crippen molar-refractivity contribution < 1.29 is 0 Å². The van der Waals surface area contributed by atoms with E-state index in [1.54, 1.807) is 6.33 Å². The summed E-state index contributed by atoms with van der Waals surface area (Å²) in [6.07, 6.45) is 8.37. The molecule has 72 valence electrons. The maximum atomic E-state index is 5.58. The van der Waals surface area contributed by atoms with Crippen LogP contribution in [-0.4, -0.2) is 21.3 Å². The predicted molar refractivity (Wildman–Crippen MR) is 50.1 cm³/mol. The molecule has 1 aliphatic rings. The summed E-state index contributed by atoms with van der Waals surface area (Å²) in [6.45, 7) is 0.788. The fraction of sp³-hybridized carbons (Fsp3) is 0.778. The molecule has 4 heteroatoms. The van der Waals surface area contributed by atoms with Gasteiger partial charge in [-0.15, -0.1) is 0 Å². The molecule has 4 nitrogen and oxygen atoms in total. The largest absolute Gasteiger partial charge is 0.330 e. The topological polar surface area (TPSA) is 56.7 Å². The molecule has 2 atom stereocenters. The van der Waals surface area contributed by atoms with Gasteiger partial charge in [-0.1, -0.05) is 6.42 Å². The first-order chi connectivity index (χ1) is 6.42. The summed E-state index contributed by atoms with van der Waals surface area (Å²) in [4.78, 5) is 3.98. The molecule has 1 aromatic rings. The second-order valence-electron chi connectivity index (χ2n) is 3.71. The number of nitrogens with zero attached hydrogens (tertiary/aromatic N) is 3. The molecule has 0 saturated heterocycles. The summed E-state index contributed by atoms with van der Waals surface area (Å²) in [6, 6.07) is 0.547. The summed E-state index contributed by atoms with van der Waals surface area (Å²) in [5.41, 5.74) is 5.58. The van der Waals surface area contributed by atoms with Crippen LogP contribution < -0.4 is 5.73 Å². The van der Waals surface area contributed by atoms with Gasteiger partial charge in [0.25, 0.3) is 0 Å². The average molecular weight is 180 g/mol. The van der Waals surface area contributed by atoms with Crippen LogP contribution in [0, 0.1) is 5.92 Å². The van der Waals surface area contributed by atoms with Gasteiger partial charge in [0.2, 0.25) is 0 Å². The van der Waals surface area contributed by atoms with Gasteiger partial charge in [-0.05, 0) is 31.7 Å². The van der Waals surface area contributed by atoms with E-state index in [1.807, 2.05) is 11.0 Å². The Morgan fingerprint density at radius 3 is 3.08 bits per heavy atom. The lowest BCUT2D eigenvalue weighted by atomic mass is 10.00. The number of nitrogens with two attached hydrogens (primary N) is 1. The third-order valence-electron chi connectivity index (χ3n) is 2.93. The molecule has 0 aromatic carbocycles. The molecule has 1 fully saturated rings. The van der Waals surface area contributed by atoms with Crippen LogP contribution in [0.2, 0.25) is 0 Å². The third-order valence-corrected chi connectivity index (χ3v) is 2.93. The van der Waals surface area contributed by atoms with Gasteiger partial charge in [-0.2, -0.15) is 5.10 Å². The minimum absolute atomic E-state index is 0.547. The second-order valence-corrected chi connectivity index (χ2v) is 3.71. The van der Waals surface area contributed by atoms with Crippen molar-refractivity contribution in [1.29, 1.82) is 0 Å². The Balaban J connectivity index is 2.05. The maximum absolute atomic E-state index is 5.58. The molecule has 0 bridgehead atoms. The highest BCUT2D eigenvalue weighted by Gasteiger charge is 2.28. The Kier molecular flexibility index (Phi) is 2.59. The lowest BCUT2D eigenvalue weighted by Crippen LogP contribution is -2.17. The molecular weight excluding hydrogens is 164 g/mol. The molecule has 0 amide bonds. The fourth-order valence-corrected chi connectivity index (χ4v) is 2.30. The first-order valence-corrected chi connectivity index (χ1v) is 4.96. The van der Waals surface area contributed by atoms with Crippen molar-refractivity contribution in [3.05, 3.63) is 12.7 Å². The Labute approximate surface area is 78.1 Å². The summed E-state index contributed by atoms with van der Waals surface area (Å²) >= 11 is 0. The molecule has 1 heterocycles. The van der Waals surface area contributed by atoms with E-state index in [4.69, 9.17) is 5.73 Å². The zero-order valence-corrected chi connectivity index (χ0v) is 7.76. The maximum Gasteiger partial charge on any atom is 0.137 e. The highest BCUT2D eigenvalue weighted by atomic mass is 15.3. The van der Waals surface area contributed by atoms with Crippen molar-refractivity contribution in [3.8, 4) is 0 Å².